The summed E-state index contributed by atoms with van der Waals surface area (Å²) < 4.78 is 0. The first kappa shape index (κ1) is 18.3. The molecule has 1 saturated heterocycles. The zero-order valence-corrected chi connectivity index (χ0v) is 15.9. The number of benzene rings is 3. The molecule has 1 fully saturated rings. The molecule has 0 aromatic heterocycles. The number of hydrogen-bond acceptors (Lipinski definition) is 4. The standard InChI is InChI=1S/C22H19N3O2S/c26-20(24-18-11-10-16-8-4-5-9-17(16)12-18)13-19-21(27)25-22(28-19)23-14-15-6-2-1-3-7-15/h1-12,19H,13-14H2,(H,24,26)(H,23,25,27)/t19-/m1/s1. The number of fused-ring (bicyclic) bond motifs is 1. The maximum absolute atomic E-state index is 12.4. The SMILES string of the molecule is O=C(C[C@H]1SC(=NCc2ccccc2)NC1=O)Nc1ccc2ccccc2c1. The van der Waals surface area contributed by atoms with E-state index in [1.165, 1.54) is 11.8 Å². The zero-order valence-electron chi connectivity index (χ0n) is 15.1. The van der Waals surface area contributed by atoms with Gasteiger partial charge in [0.25, 0.3) is 0 Å². The first-order chi connectivity index (χ1) is 13.7. The van der Waals surface area contributed by atoms with Gasteiger partial charge in [-0.3, -0.25) is 14.6 Å². The van der Waals surface area contributed by atoms with Crippen molar-refractivity contribution in [2.24, 2.45) is 4.99 Å². The van der Waals surface area contributed by atoms with E-state index in [0.29, 0.717) is 11.7 Å². The molecular formula is C22H19N3O2S. The third kappa shape index (κ3) is 4.40. The quantitative estimate of drug-likeness (QED) is 0.694. The number of rotatable bonds is 5. The van der Waals surface area contributed by atoms with Gasteiger partial charge in [0.05, 0.1) is 6.54 Å². The molecule has 5 nitrogen and oxygen atoms in total. The topological polar surface area (TPSA) is 70.6 Å². The van der Waals surface area contributed by atoms with E-state index >= 15 is 0 Å². The summed E-state index contributed by atoms with van der Waals surface area (Å²) in [4.78, 5) is 29.0. The Hall–Kier alpha value is -3.12. The molecule has 0 saturated carbocycles. The van der Waals surface area contributed by atoms with Crippen molar-refractivity contribution in [3.05, 3.63) is 78.4 Å². The van der Waals surface area contributed by atoms with E-state index in [4.69, 9.17) is 0 Å². The number of amidine groups is 1. The Morgan fingerprint density at radius 3 is 2.57 bits per heavy atom. The predicted molar refractivity (Wildman–Crippen MR) is 114 cm³/mol. The van der Waals surface area contributed by atoms with Crippen molar-refractivity contribution in [1.82, 2.24) is 5.32 Å². The minimum atomic E-state index is -0.463. The van der Waals surface area contributed by atoms with Crippen LogP contribution in [0.2, 0.25) is 0 Å². The number of hydrogen-bond donors (Lipinski definition) is 2. The Balaban J connectivity index is 1.35. The molecule has 2 N–H and O–H groups in total. The van der Waals surface area contributed by atoms with Gasteiger partial charge in [-0.1, -0.05) is 72.4 Å². The Kier molecular flexibility index (Phi) is 5.39. The predicted octanol–water partition coefficient (Wildman–Crippen LogP) is 3.96. The lowest BCUT2D eigenvalue weighted by Gasteiger charge is -2.08. The molecule has 1 aliphatic heterocycles. The summed E-state index contributed by atoms with van der Waals surface area (Å²) in [6, 6.07) is 23.6. The second-order valence-corrected chi connectivity index (χ2v) is 7.71. The number of carbonyl (C=O) groups is 2. The Morgan fingerprint density at radius 2 is 1.75 bits per heavy atom. The maximum Gasteiger partial charge on any atom is 0.240 e. The number of nitrogens with zero attached hydrogens (tertiary/aromatic N) is 1. The van der Waals surface area contributed by atoms with E-state index in [2.05, 4.69) is 15.6 Å². The highest BCUT2D eigenvalue weighted by atomic mass is 32.2. The van der Waals surface area contributed by atoms with Crippen molar-refractivity contribution in [2.75, 3.05) is 5.32 Å². The summed E-state index contributed by atoms with van der Waals surface area (Å²) in [5.41, 5.74) is 1.80. The van der Waals surface area contributed by atoms with Crippen LogP contribution >= 0.6 is 11.8 Å². The highest BCUT2D eigenvalue weighted by Gasteiger charge is 2.31. The smallest absolute Gasteiger partial charge is 0.240 e. The fraction of sp³-hybridized carbons (Fsp3) is 0.136. The van der Waals surface area contributed by atoms with Gasteiger partial charge in [-0.15, -0.1) is 0 Å². The molecule has 3 aromatic carbocycles. The summed E-state index contributed by atoms with van der Waals surface area (Å²) in [5, 5.41) is 7.92. The highest BCUT2D eigenvalue weighted by Crippen LogP contribution is 2.24. The van der Waals surface area contributed by atoms with Crippen molar-refractivity contribution in [1.29, 1.82) is 0 Å². The highest BCUT2D eigenvalue weighted by molar-refractivity contribution is 8.15. The Morgan fingerprint density at radius 1 is 1.00 bits per heavy atom. The molecular weight excluding hydrogens is 370 g/mol. The van der Waals surface area contributed by atoms with E-state index in [0.717, 1.165) is 22.0 Å². The Bertz CT molecular complexity index is 1050. The fourth-order valence-electron chi connectivity index (χ4n) is 3.01. The van der Waals surface area contributed by atoms with Crippen molar-refractivity contribution in [3.63, 3.8) is 0 Å². The third-order valence-corrected chi connectivity index (χ3v) is 5.55. The molecule has 1 atom stereocenters. The number of anilines is 1. The van der Waals surface area contributed by atoms with Crippen LogP contribution in [0.25, 0.3) is 10.8 Å². The monoisotopic (exact) mass is 389 g/mol. The molecule has 1 aliphatic rings. The van der Waals surface area contributed by atoms with Gasteiger partial charge < -0.3 is 10.6 Å². The minimum Gasteiger partial charge on any atom is -0.326 e. The largest absolute Gasteiger partial charge is 0.326 e. The number of aliphatic imine (C=N–C) groups is 1. The first-order valence-corrected chi connectivity index (χ1v) is 9.90. The van der Waals surface area contributed by atoms with Gasteiger partial charge in [0, 0.05) is 12.1 Å². The Labute approximate surface area is 167 Å². The van der Waals surface area contributed by atoms with Crippen LogP contribution in [0.4, 0.5) is 5.69 Å². The van der Waals surface area contributed by atoms with Crippen LogP contribution in [-0.4, -0.2) is 22.2 Å². The van der Waals surface area contributed by atoms with Crippen LogP contribution in [0.15, 0.2) is 77.8 Å². The number of carbonyl (C=O) groups excluding carboxylic acids is 2. The third-order valence-electron chi connectivity index (χ3n) is 4.43. The van der Waals surface area contributed by atoms with Crippen LogP contribution in [0, 0.1) is 0 Å². The van der Waals surface area contributed by atoms with Crippen LogP contribution < -0.4 is 10.6 Å². The molecule has 0 unspecified atom stereocenters. The van der Waals surface area contributed by atoms with Crippen LogP contribution in [0.1, 0.15) is 12.0 Å². The second kappa shape index (κ2) is 8.27. The van der Waals surface area contributed by atoms with E-state index in [1.807, 2.05) is 72.8 Å². The second-order valence-electron chi connectivity index (χ2n) is 6.52. The molecule has 28 heavy (non-hydrogen) atoms. The van der Waals surface area contributed by atoms with Gasteiger partial charge >= 0.3 is 0 Å². The van der Waals surface area contributed by atoms with E-state index in [1.54, 1.807) is 0 Å². The van der Waals surface area contributed by atoms with Gasteiger partial charge in [0.2, 0.25) is 11.8 Å². The van der Waals surface area contributed by atoms with Gasteiger partial charge in [-0.05, 0) is 28.5 Å². The summed E-state index contributed by atoms with van der Waals surface area (Å²) >= 11 is 1.31. The van der Waals surface area contributed by atoms with E-state index < -0.39 is 5.25 Å². The van der Waals surface area contributed by atoms with Crippen molar-refractivity contribution >= 4 is 45.2 Å². The maximum atomic E-state index is 12.4. The minimum absolute atomic E-state index is 0.105. The van der Waals surface area contributed by atoms with E-state index in [-0.39, 0.29) is 18.2 Å². The number of nitrogens with one attached hydrogen (secondary N) is 2. The number of amides is 2. The molecule has 140 valence electrons. The van der Waals surface area contributed by atoms with E-state index in [9.17, 15) is 9.59 Å². The first-order valence-electron chi connectivity index (χ1n) is 9.02. The molecule has 3 aromatic rings. The molecule has 6 heteroatoms. The van der Waals surface area contributed by atoms with Gasteiger partial charge in [0.15, 0.2) is 5.17 Å². The van der Waals surface area contributed by atoms with Crippen molar-refractivity contribution in [2.45, 2.75) is 18.2 Å². The molecule has 1 heterocycles. The molecule has 4 rings (SSSR count). The normalized spacial score (nSPS) is 17.6. The lowest BCUT2D eigenvalue weighted by atomic mass is 10.1. The van der Waals surface area contributed by atoms with Crippen LogP contribution in [0.5, 0.6) is 0 Å². The lowest BCUT2D eigenvalue weighted by molar-refractivity contribution is -0.122. The summed E-state index contributed by atoms with van der Waals surface area (Å²) in [7, 11) is 0. The van der Waals surface area contributed by atoms with Crippen LogP contribution in [0.3, 0.4) is 0 Å². The molecule has 0 spiro atoms. The molecule has 2 amide bonds. The average molecular weight is 389 g/mol. The average Bonchev–Trinajstić information content (AvgIpc) is 3.06. The summed E-state index contributed by atoms with van der Waals surface area (Å²) in [6.07, 6.45) is 0.105. The van der Waals surface area contributed by atoms with Crippen molar-refractivity contribution in [3.8, 4) is 0 Å². The lowest BCUT2D eigenvalue weighted by Crippen LogP contribution is -2.28. The molecule has 0 bridgehead atoms. The summed E-state index contributed by atoms with van der Waals surface area (Å²) in [6.45, 7) is 0.499. The zero-order chi connectivity index (χ0) is 19.3. The molecule has 0 radical (unpaired) electrons. The van der Waals surface area contributed by atoms with Gasteiger partial charge in [-0.25, -0.2) is 0 Å². The van der Waals surface area contributed by atoms with Gasteiger partial charge in [0.1, 0.15) is 5.25 Å². The van der Waals surface area contributed by atoms with Gasteiger partial charge in [-0.2, -0.15) is 0 Å². The molecule has 0 aliphatic carbocycles. The number of thioether (sulfide) groups is 1. The fourth-order valence-corrected chi connectivity index (χ4v) is 3.98. The van der Waals surface area contributed by atoms with Crippen LogP contribution in [-0.2, 0) is 16.1 Å². The summed E-state index contributed by atoms with van der Waals surface area (Å²) in [5.74, 6) is -0.363. The van der Waals surface area contributed by atoms with Crippen molar-refractivity contribution < 1.29 is 9.59 Å².